The van der Waals surface area contributed by atoms with Crippen LogP contribution in [0.1, 0.15) is 11.1 Å². The summed E-state index contributed by atoms with van der Waals surface area (Å²) in [7, 11) is 2.05. The maximum atomic E-state index is 6.08. The highest BCUT2D eigenvalue weighted by Crippen LogP contribution is 2.21. The molecule has 0 saturated heterocycles. The lowest BCUT2D eigenvalue weighted by atomic mass is 10.2. The van der Waals surface area contributed by atoms with Gasteiger partial charge in [-0.05, 0) is 24.7 Å². The van der Waals surface area contributed by atoms with Crippen molar-refractivity contribution in [2.45, 2.75) is 13.1 Å². The highest BCUT2D eigenvalue weighted by atomic mass is 79.9. The van der Waals surface area contributed by atoms with Crippen molar-refractivity contribution in [3.63, 3.8) is 0 Å². The predicted molar refractivity (Wildman–Crippen MR) is 83.6 cm³/mol. The third kappa shape index (κ3) is 4.18. The fraction of sp³-hybridized carbons (Fsp3) is 0.214. The van der Waals surface area contributed by atoms with E-state index in [1.165, 1.54) is 5.56 Å². The first-order valence-electron chi connectivity index (χ1n) is 5.79. The fourth-order valence-corrected chi connectivity index (χ4v) is 2.64. The van der Waals surface area contributed by atoms with Crippen molar-refractivity contribution in [1.29, 1.82) is 0 Å². The number of halogens is 3. The van der Waals surface area contributed by atoms with Crippen LogP contribution in [-0.2, 0) is 13.1 Å². The SMILES string of the molecule is CN(Cc1ccccc1Br)Cc1ccc(Cl)nc1Cl. The summed E-state index contributed by atoms with van der Waals surface area (Å²) in [5.41, 5.74) is 2.21. The number of benzene rings is 1. The minimum Gasteiger partial charge on any atom is -0.298 e. The molecule has 2 rings (SSSR count). The number of pyridine rings is 1. The Bertz CT molecular complexity index is 575. The average molecular weight is 360 g/mol. The molecule has 1 aromatic carbocycles. The van der Waals surface area contributed by atoms with E-state index in [1.807, 2.05) is 31.3 Å². The summed E-state index contributed by atoms with van der Waals surface area (Å²) in [5.74, 6) is 0. The number of nitrogens with zero attached hydrogens (tertiary/aromatic N) is 2. The van der Waals surface area contributed by atoms with Crippen molar-refractivity contribution < 1.29 is 0 Å². The smallest absolute Gasteiger partial charge is 0.135 e. The third-order valence-corrected chi connectivity index (χ3v) is 4.04. The van der Waals surface area contributed by atoms with Crippen LogP contribution in [0.5, 0.6) is 0 Å². The molecule has 0 amide bonds. The van der Waals surface area contributed by atoms with E-state index < -0.39 is 0 Å². The van der Waals surface area contributed by atoms with Gasteiger partial charge in [0.15, 0.2) is 0 Å². The van der Waals surface area contributed by atoms with Crippen LogP contribution in [0.25, 0.3) is 0 Å². The van der Waals surface area contributed by atoms with E-state index in [0.717, 1.165) is 23.1 Å². The lowest BCUT2D eigenvalue weighted by Gasteiger charge is -2.18. The van der Waals surface area contributed by atoms with Crippen LogP contribution in [0, 0.1) is 0 Å². The first-order valence-corrected chi connectivity index (χ1v) is 7.34. The zero-order chi connectivity index (χ0) is 13.8. The quantitative estimate of drug-likeness (QED) is 0.730. The van der Waals surface area contributed by atoms with Crippen molar-refractivity contribution in [3.8, 4) is 0 Å². The van der Waals surface area contributed by atoms with E-state index in [1.54, 1.807) is 6.07 Å². The largest absolute Gasteiger partial charge is 0.298 e. The molecule has 1 aromatic heterocycles. The molecule has 19 heavy (non-hydrogen) atoms. The molecule has 0 aliphatic carbocycles. The van der Waals surface area contributed by atoms with Crippen molar-refractivity contribution >= 4 is 39.1 Å². The second-order valence-electron chi connectivity index (χ2n) is 4.35. The molecule has 0 N–H and O–H groups in total. The van der Waals surface area contributed by atoms with Crippen molar-refractivity contribution in [2.24, 2.45) is 0 Å². The molecule has 0 unspecified atom stereocenters. The zero-order valence-electron chi connectivity index (χ0n) is 10.4. The van der Waals surface area contributed by atoms with Crippen LogP contribution in [0.15, 0.2) is 40.9 Å². The molecule has 0 aliphatic rings. The Balaban J connectivity index is 2.05. The Morgan fingerprint density at radius 3 is 2.42 bits per heavy atom. The molecular formula is C14H13BrCl2N2. The minimum atomic E-state index is 0.419. The van der Waals surface area contributed by atoms with Gasteiger partial charge in [-0.3, -0.25) is 4.90 Å². The van der Waals surface area contributed by atoms with Gasteiger partial charge in [0.2, 0.25) is 0 Å². The van der Waals surface area contributed by atoms with Crippen LogP contribution in [0.2, 0.25) is 10.3 Å². The van der Waals surface area contributed by atoms with E-state index in [4.69, 9.17) is 23.2 Å². The number of hydrogen-bond donors (Lipinski definition) is 0. The molecular weight excluding hydrogens is 347 g/mol. The molecule has 100 valence electrons. The lowest BCUT2D eigenvalue weighted by Crippen LogP contribution is -2.18. The lowest BCUT2D eigenvalue weighted by molar-refractivity contribution is 0.318. The van der Waals surface area contributed by atoms with Gasteiger partial charge in [0, 0.05) is 23.1 Å². The van der Waals surface area contributed by atoms with Gasteiger partial charge in [-0.1, -0.05) is 63.4 Å². The van der Waals surface area contributed by atoms with Gasteiger partial charge in [-0.2, -0.15) is 0 Å². The Labute approximate surface area is 131 Å². The van der Waals surface area contributed by atoms with Crippen LogP contribution in [0.3, 0.4) is 0 Å². The maximum absolute atomic E-state index is 6.08. The van der Waals surface area contributed by atoms with Crippen LogP contribution >= 0.6 is 39.1 Å². The van der Waals surface area contributed by atoms with Crippen LogP contribution in [0.4, 0.5) is 0 Å². The van der Waals surface area contributed by atoms with E-state index in [0.29, 0.717) is 10.3 Å². The van der Waals surface area contributed by atoms with Gasteiger partial charge in [0.25, 0.3) is 0 Å². The third-order valence-electron chi connectivity index (χ3n) is 2.73. The number of rotatable bonds is 4. The molecule has 0 spiro atoms. The number of hydrogen-bond acceptors (Lipinski definition) is 2. The molecule has 5 heteroatoms. The summed E-state index contributed by atoms with van der Waals surface area (Å²) in [6.07, 6.45) is 0. The highest BCUT2D eigenvalue weighted by molar-refractivity contribution is 9.10. The van der Waals surface area contributed by atoms with Gasteiger partial charge >= 0.3 is 0 Å². The fourth-order valence-electron chi connectivity index (χ4n) is 1.82. The second kappa shape index (κ2) is 6.71. The second-order valence-corrected chi connectivity index (χ2v) is 5.95. The first kappa shape index (κ1) is 14.8. The van der Waals surface area contributed by atoms with Gasteiger partial charge in [0.1, 0.15) is 10.3 Å². The summed E-state index contributed by atoms with van der Waals surface area (Å²) in [6.45, 7) is 1.56. The molecule has 0 atom stereocenters. The normalized spacial score (nSPS) is 11.0. The maximum Gasteiger partial charge on any atom is 0.135 e. The summed E-state index contributed by atoms with van der Waals surface area (Å²) >= 11 is 15.4. The first-order chi connectivity index (χ1) is 9.06. The van der Waals surface area contributed by atoms with Gasteiger partial charge in [-0.25, -0.2) is 4.98 Å². The molecule has 0 radical (unpaired) electrons. The zero-order valence-corrected chi connectivity index (χ0v) is 13.5. The van der Waals surface area contributed by atoms with E-state index >= 15 is 0 Å². The summed E-state index contributed by atoms with van der Waals surface area (Å²) in [5, 5.41) is 0.883. The Morgan fingerprint density at radius 1 is 1.05 bits per heavy atom. The monoisotopic (exact) mass is 358 g/mol. The Morgan fingerprint density at radius 2 is 1.74 bits per heavy atom. The molecule has 0 fully saturated rings. The van der Waals surface area contributed by atoms with Gasteiger partial charge in [-0.15, -0.1) is 0 Å². The molecule has 0 bridgehead atoms. The van der Waals surface area contributed by atoms with Gasteiger partial charge < -0.3 is 0 Å². The molecule has 2 aromatic rings. The minimum absolute atomic E-state index is 0.419. The van der Waals surface area contributed by atoms with Crippen LogP contribution < -0.4 is 0 Å². The number of aromatic nitrogens is 1. The summed E-state index contributed by atoms with van der Waals surface area (Å²) in [4.78, 5) is 6.22. The Kier molecular flexibility index (Phi) is 5.22. The standard InChI is InChI=1S/C14H13BrCl2N2/c1-19(8-10-4-2-3-5-12(10)15)9-11-6-7-13(16)18-14(11)17/h2-7H,8-9H2,1H3. The van der Waals surface area contributed by atoms with Gasteiger partial charge in [0.05, 0.1) is 0 Å². The summed E-state index contributed by atoms with van der Waals surface area (Å²) in [6, 6.07) is 11.9. The van der Waals surface area contributed by atoms with Crippen LogP contribution in [-0.4, -0.2) is 16.9 Å². The topological polar surface area (TPSA) is 16.1 Å². The van der Waals surface area contributed by atoms with E-state index in [2.05, 4.69) is 31.9 Å². The van der Waals surface area contributed by atoms with Crippen molar-refractivity contribution in [2.75, 3.05) is 7.05 Å². The molecule has 1 heterocycles. The molecule has 0 saturated carbocycles. The highest BCUT2D eigenvalue weighted by Gasteiger charge is 2.08. The molecule has 2 nitrogen and oxygen atoms in total. The summed E-state index contributed by atoms with van der Waals surface area (Å²) < 4.78 is 1.11. The van der Waals surface area contributed by atoms with Crippen molar-refractivity contribution in [3.05, 3.63) is 62.3 Å². The van der Waals surface area contributed by atoms with Crippen molar-refractivity contribution in [1.82, 2.24) is 9.88 Å². The molecule has 0 aliphatic heterocycles. The average Bonchev–Trinajstić information content (AvgIpc) is 2.36. The van der Waals surface area contributed by atoms with E-state index in [-0.39, 0.29) is 0 Å². The van der Waals surface area contributed by atoms with E-state index in [9.17, 15) is 0 Å². The predicted octanol–water partition coefficient (Wildman–Crippen LogP) is 4.78. The Hall–Kier alpha value is -0.610.